The zero-order valence-electron chi connectivity index (χ0n) is 7.78. The summed E-state index contributed by atoms with van der Waals surface area (Å²) in [6.45, 7) is 4.07. The van der Waals surface area contributed by atoms with Gasteiger partial charge in [-0.1, -0.05) is 6.92 Å². The van der Waals surface area contributed by atoms with Crippen molar-refractivity contribution in [1.29, 1.82) is 0 Å². The Labute approximate surface area is 76.9 Å². The predicted molar refractivity (Wildman–Crippen MR) is 51.4 cm³/mol. The smallest absolute Gasteiger partial charge is 0.116 e. The molecule has 0 unspecified atom stereocenters. The molecule has 0 saturated carbocycles. The normalized spacial score (nSPS) is 10.6. The maximum absolute atomic E-state index is 4.26. The van der Waals surface area contributed by atoms with Crippen LogP contribution in [0.5, 0.6) is 0 Å². The van der Waals surface area contributed by atoms with Crippen LogP contribution in [0.4, 0.5) is 0 Å². The first-order valence-corrected chi connectivity index (χ1v) is 4.38. The van der Waals surface area contributed by atoms with Crippen LogP contribution >= 0.6 is 0 Å². The van der Waals surface area contributed by atoms with E-state index in [9.17, 15) is 0 Å². The summed E-state index contributed by atoms with van der Waals surface area (Å²) in [5.74, 6) is 0. The van der Waals surface area contributed by atoms with Gasteiger partial charge in [-0.05, 0) is 25.0 Å². The van der Waals surface area contributed by atoms with Crippen LogP contribution in [0.1, 0.15) is 18.2 Å². The van der Waals surface area contributed by atoms with Gasteiger partial charge < -0.3 is 0 Å². The quantitative estimate of drug-likeness (QED) is 0.661. The van der Waals surface area contributed by atoms with Crippen molar-refractivity contribution < 1.29 is 0 Å². The highest BCUT2D eigenvalue weighted by molar-refractivity contribution is 5.79. The number of aromatic nitrogens is 3. The van der Waals surface area contributed by atoms with Gasteiger partial charge in [0.1, 0.15) is 11.8 Å². The molecule has 0 aliphatic carbocycles. The van der Waals surface area contributed by atoms with E-state index in [-0.39, 0.29) is 0 Å². The average Bonchev–Trinajstić information content (AvgIpc) is 2.18. The first-order chi connectivity index (χ1) is 6.33. The van der Waals surface area contributed by atoms with Crippen molar-refractivity contribution in [2.75, 3.05) is 0 Å². The zero-order chi connectivity index (χ0) is 9.26. The molecule has 0 amide bonds. The van der Waals surface area contributed by atoms with Crippen LogP contribution < -0.4 is 0 Å². The fourth-order valence-corrected chi connectivity index (χ4v) is 1.42. The first kappa shape index (κ1) is 8.10. The summed E-state index contributed by atoms with van der Waals surface area (Å²) in [4.78, 5) is 12.6. The lowest BCUT2D eigenvalue weighted by Gasteiger charge is -2.02. The Kier molecular flexibility index (Phi) is 1.93. The number of nitrogens with zero attached hydrogens (tertiary/aromatic N) is 3. The lowest BCUT2D eigenvalue weighted by atomic mass is 10.1. The molecule has 0 N–H and O–H groups in total. The van der Waals surface area contributed by atoms with Crippen molar-refractivity contribution in [3.63, 3.8) is 0 Å². The maximum Gasteiger partial charge on any atom is 0.116 e. The van der Waals surface area contributed by atoms with E-state index in [1.54, 1.807) is 6.33 Å². The van der Waals surface area contributed by atoms with Crippen molar-refractivity contribution >= 4 is 11.0 Å². The molecule has 3 heteroatoms. The fourth-order valence-electron chi connectivity index (χ4n) is 1.42. The molecule has 2 heterocycles. The predicted octanol–water partition coefficient (Wildman–Crippen LogP) is 1.90. The minimum absolute atomic E-state index is 0.918. The van der Waals surface area contributed by atoms with Crippen molar-refractivity contribution in [1.82, 2.24) is 15.0 Å². The van der Waals surface area contributed by atoms with Gasteiger partial charge in [0.25, 0.3) is 0 Å². The molecular formula is C10H11N3. The molecule has 0 saturated heterocycles. The monoisotopic (exact) mass is 173 g/mol. The Morgan fingerprint density at radius 2 is 2.00 bits per heavy atom. The number of hydrogen-bond acceptors (Lipinski definition) is 3. The largest absolute Gasteiger partial charge is 0.253 e. The summed E-state index contributed by atoms with van der Waals surface area (Å²) in [5.41, 5.74) is 4.08. The molecular weight excluding hydrogens is 162 g/mol. The van der Waals surface area contributed by atoms with Gasteiger partial charge in [0.05, 0.1) is 11.2 Å². The zero-order valence-corrected chi connectivity index (χ0v) is 7.78. The first-order valence-electron chi connectivity index (χ1n) is 4.38. The molecule has 3 nitrogen and oxygen atoms in total. The Morgan fingerprint density at radius 3 is 2.77 bits per heavy atom. The highest BCUT2D eigenvalue weighted by atomic mass is 14.9. The molecule has 0 atom stereocenters. The lowest BCUT2D eigenvalue weighted by Crippen LogP contribution is -1.93. The van der Waals surface area contributed by atoms with Gasteiger partial charge in [-0.3, -0.25) is 4.98 Å². The van der Waals surface area contributed by atoms with E-state index in [1.807, 2.05) is 19.2 Å². The second kappa shape index (κ2) is 3.09. The van der Waals surface area contributed by atoms with Gasteiger partial charge in [-0.15, -0.1) is 0 Å². The summed E-state index contributed by atoms with van der Waals surface area (Å²) in [5, 5.41) is 0. The van der Waals surface area contributed by atoms with E-state index >= 15 is 0 Å². The average molecular weight is 173 g/mol. The Hall–Kier alpha value is -1.51. The minimum atomic E-state index is 0.918. The van der Waals surface area contributed by atoms with Gasteiger partial charge in [-0.25, -0.2) is 9.97 Å². The van der Waals surface area contributed by atoms with Crippen LogP contribution in [0.15, 0.2) is 18.6 Å². The van der Waals surface area contributed by atoms with E-state index < -0.39 is 0 Å². The second-order valence-corrected chi connectivity index (χ2v) is 2.98. The molecule has 0 aromatic carbocycles. The van der Waals surface area contributed by atoms with E-state index in [4.69, 9.17) is 0 Å². The Morgan fingerprint density at radius 1 is 1.15 bits per heavy atom. The lowest BCUT2D eigenvalue weighted by molar-refractivity contribution is 1.08. The number of rotatable bonds is 1. The van der Waals surface area contributed by atoms with Crippen LogP contribution in [0.2, 0.25) is 0 Å². The molecule has 2 rings (SSSR count). The molecule has 2 aromatic heterocycles. The van der Waals surface area contributed by atoms with Gasteiger partial charge in [0.15, 0.2) is 0 Å². The standard InChI is InChI=1S/C10H11N3/c1-3-8-4-5-11-9-7(2)12-6-13-10(8)9/h4-6H,3H2,1-2H3. The Balaban J connectivity index is 2.84. The number of hydrogen-bond donors (Lipinski definition) is 0. The molecule has 0 fully saturated rings. The van der Waals surface area contributed by atoms with Crippen molar-refractivity contribution in [2.45, 2.75) is 20.3 Å². The summed E-state index contributed by atoms with van der Waals surface area (Å²) >= 11 is 0. The molecule has 13 heavy (non-hydrogen) atoms. The molecule has 0 bridgehead atoms. The van der Waals surface area contributed by atoms with E-state index in [0.717, 1.165) is 23.1 Å². The summed E-state index contributed by atoms with van der Waals surface area (Å²) in [6.07, 6.45) is 4.39. The second-order valence-electron chi connectivity index (χ2n) is 2.98. The third-order valence-electron chi connectivity index (χ3n) is 2.17. The highest BCUT2D eigenvalue weighted by Crippen LogP contribution is 2.15. The van der Waals surface area contributed by atoms with Gasteiger partial charge >= 0.3 is 0 Å². The maximum atomic E-state index is 4.26. The number of pyridine rings is 1. The van der Waals surface area contributed by atoms with Crippen molar-refractivity contribution in [3.05, 3.63) is 29.8 Å². The van der Waals surface area contributed by atoms with E-state index in [0.29, 0.717) is 0 Å². The van der Waals surface area contributed by atoms with Gasteiger partial charge in [0.2, 0.25) is 0 Å². The summed E-state index contributed by atoms with van der Waals surface area (Å²) in [7, 11) is 0. The number of aryl methyl sites for hydroxylation is 2. The topological polar surface area (TPSA) is 38.7 Å². The van der Waals surface area contributed by atoms with Crippen LogP contribution in [0.3, 0.4) is 0 Å². The van der Waals surface area contributed by atoms with E-state index in [1.165, 1.54) is 5.56 Å². The van der Waals surface area contributed by atoms with Crippen LogP contribution in [-0.4, -0.2) is 15.0 Å². The highest BCUT2D eigenvalue weighted by Gasteiger charge is 2.03. The molecule has 0 aliphatic heterocycles. The third kappa shape index (κ3) is 1.26. The van der Waals surface area contributed by atoms with Crippen LogP contribution in [-0.2, 0) is 6.42 Å². The molecule has 2 aromatic rings. The molecule has 66 valence electrons. The van der Waals surface area contributed by atoms with Crippen molar-refractivity contribution in [3.8, 4) is 0 Å². The summed E-state index contributed by atoms with van der Waals surface area (Å²) < 4.78 is 0. The van der Waals surface area contributed by atoms with Gasteiger partial charge in [-0.2, -0.15) is 0 Å². The van der Waals surface area contributed by atoms with Crippen molar-refractivity contribution in [2.24, 2.45) is 0 Å². The third-order valence-corrected chi connectivity index (χ3v) is 2.17. The molecule has 0 spiro atoms. The minimum Gasteiger partial charge on any atom is -0.253 e. The van der Waals surface area contributed by atoms with Crippen LogP contribution in [0.25, 0.3) is 11.0 Å². The van der Waals surface area contributed by atoms with E-state index in [2.05, 4.69) is 21.9 Å². The van der Waals surface area contributed by atoms with Crippen LogP contribution in [0, 0.1) is 6.92 Å². The van der Waals surface area contributed by atoms with Gasteiger partial charge in [0, 0.05) is 6.20 Å². The Bertz CT molecular complexity index is 437. The fraction of sp³-hybridized carbons (Fsp3) is 0.300. The molecule has 0 radical (unpaired) electrons. The molecule has 0 aliphatic rings. The number of fused-ring (bicyclic) bond motifs is 1. The SMILES string of the molecule is CCc1ccnc2c(C)ncnc12. The summed E-state index contributed by atoms with van der Waals surface area (Å²) in [6, 6.07) is 2.01.